The van der Waals surface area contributed by atoms with E-state index in [-0.39, 0.29) is 0 Å². The van der Waals surface area contributed by atoms with Gasteiger partial charge in [0, 0.05) is 13.5 Å². The van der Waals surface area contributed by atoms with Gasteiger partial charge in [0.05, 0.1) is 12.2 Å². The van der Waals surface area contributed by atoms with Gasteiger partial charge >= 0.3 is 0 Å². The Morgan fingerprint density at radius 2 is 2.08 bits per heavy atom. The highest BCUT2D eigenvalue weighted by Gasteiger charge is 2.41. The summed E-state index contributed by atoms with van der Waals surface area (Å²) in [6, 6.07) is 0. The molecular formula is C8H16O4. The van der Waals surface area contributed by atoms with Crippen LogP contribution >= 0.6 is 0 Å². The van der Waals surface area contributed by atoms with E-state index in [1.54, 1.807) is 13.8 Å². The smallest absolute Gasteiger partial charge is 0.168 e. The molecule has 0 amide bonds. The zero-order chi connectivity index (χ0) is 9.35. The fourth-order valence-corrected chi connectivity index (χ4v) is 1.46. The van der Waals surface area contributed by atoms with Crippen LogP contribution in [0.5, 0.6) is 0 Å². The summed E-state index contributed by atoms with van der Waals surface area (Å²) < 4.78 is 10.4. The lowest BCUT2D eigenvalue weighted by Crippen LogP contribution is -2.53. The molecule has 1 aliphatic heterocycles. The number of hydrogen-bond acceptors (Lipinski definition) is 4. The molecule has 1 saturated heterocycles. The van der Waals surface area contributed by atoms with E-state index in [0.29, 0.717) is 6.42 Å². The van der Waals surface area contributed by atoms with Crippen LogP contribution in [-0.2, 0) is 9.47 Å². The Bertz CT molecular complexity index is 147. The van der Waals surface area contributed by atoms with Crippen LogP contribution in [0.1, 0.15) is 20.3 Å². The Morgan fingerprint density at radius 1 is 1.50 bits per heavy atom. The molecule has 1 aliphatic rings. The highest BCUT2D eigenvalue weighted by Crippen LogP contribution is 2.29. The van der Waals surface area contributed by atoms with Gasteiger partial charge in [-0.1, -0.05) is 0 Å². The van der Waals surface area contributed by atoms with Crippen molar-refractivity contribution >= 4 is 0 Å². The number of rotatable bonds is 1. The molecule has 4 atom stereocenters. The van der Waals surface area contributed by atoms with E-state index < -0.39 is 24.1 Å². The summed E-state index contributed by atoms with van der Waals surface area (Å²) in [4.78, 5) is 0. The van der Waals surface area contributed by atoms with Crippen molar-refractivity contribution < 1.29 is 19.7 Å². The Balaban J connectivity index is 2.65. The minimum Gasteiger partial charge on any atom is -0.390 e. The van der Waals surface area contributed by atoms with Crippen LogP contribution in [0.4, 0.5) is 0 Å². The van der Waals surface area contributed by atoms with Gasteiger partial charge in [0.25, 0.3) is 0 Å². The predicted molar refractivity (Wildman–Crippen MR) is 42.6 cm³/mol. The van der Waals surface area contributed by atoms with Crippen molar-refractivity contribution in [3.8, 4) is 0 Å². The molecule has 1 heterocycles. The number of aliphatic hydroxyl groups is 2. The quantitative estimate of drug-likeness (QED) is 0.584. The third kappa shape index (κ3) is 1.77. The van der Waals surface area contributed by atoms with Crippen molar-refractivity contribution in [2.45, 2.75) is 44.4 Å². The van der Waals surface area contributed by atoms with Crippen LogP contribution in [0.2, 0.25) is 0 Å². The number of aliphatic hydroxyl groups excluding tert-OH is 2. The van der Waals surface area contributed by atoms with Crippen LogP contribution in [0.25, 0.3) is 0 Å². The van der Waals surface area contributed by atoms with Crippen LogP contribution < -0.4 is 0 Å². The molecule has 0 aliphatic carbocycles. The van der Waals surface area contributed by atoms with Crippen LogP contribution in [0.3, 0.4) is 0 Å². The molecule has 0 aromatic heterocycles. The van der Waals surface area contributed by atoms with Crippen molar-refractivity contribution in [2.75, 3.05) is 7.11 Å². The normalized spacial score (nSPS) is 49.2. The van der Waals surface area contributed by atoms with Gasteiger partial charge in [0.2, 0.25) is 0 Å². The third-order valence-corrected chi connectivity index (χ3v) is 2.32. The van der Waals surface area contributed by atoms with Crippen molar-refractivity contribution in [1.82, 2.24) is 0 Å². The van der Waals surface area contributed by atoms with E-state index in [1.165, 1.54) is 7.11 Å². The summed E-state index contributed by atoms with van der Waals surface area (Å²) in [6.45, 7) is 3.46. The number of hydrogen-bond donors (Lipinski definition) is 2. The van der Waals surface area contributed by atoms with Gasteiger partial charge in [-0.3, -0.25) is 0 Å². The Hall–Kier alpha value is -0.160. The first kappa shape index (κ1) is 9.92. The van der Waals surface area contributed by atoms with Gasteiger partial charge < -0.3 is 19.7 Å². The zero-order valence-corrected chi connectivity index (χ0v) is 7.65. The fraction of sp³-hybridized carbons (Fsp3) is 1.00. The summed E-state index contributed by atoms with van der Waals surface area (Å²) in [7, 11) is 1.52. The lowest BCUT2D eigenvalue weighted by molar-refractivity contribution is -0.297. The van der Waals surface area contributed by atoms with Crippen LogP contribution in [0, 0.1) is 0 Å². The van der Waals surface area contributed by atoms with Crippen LogP contribution in [0.15, 0.2) is 0 Å². The molecule has 2 N–H and O–H groups in total. The molecule has 0 aromatic rings. The van der Waals surface area contributed by atoms with Gasteiger partial charge in [-0.15, -0.1) is 0 Å². The van der Waals surface area contributed by atoms with Crippen molar-refractivity contribution in [1.29, 1.82) is 0 Å². The standard InChI is InChI=1S/C8H16O4/c1-5-7(10)6(9)4-8(2,11-3)12-5/h5-7,9-10H,4H2,1-3H3/t5?,6-,7+,8-/m0/s1. The van der Waals surface area contributed by atoms with Crippen molar-refractivity contribution in [2.24, 2.45) is 0 Å². The molecule has 0 radical (unpaired) electrons. The first-order valence-corrected chi connectivity index (χ1v) is 4.07. The largest absolute Gasteiger partial charge is 0.390 e. The van der Waals surface area contributed by atoms with Crippen molar-refractivity contribution in [3.63, 3.8) is 0 Å². The lowest BCUT2D eigenvalue weighted by Gasteiger charge is -2.41. The molecule has 0 saturated carbocycles. The van der Waals surface area contributed by atoms with E-state index in [9.17, 15) is 10.2 Å². The first-order valence-electron chi connectivity index (χ1n) is 4.07. The maximum atomic E-state index is 9.40. The van der Waals surface area contributed by atoms with E-state index in [2.05, 4.69) is 0 Å². The minimum absolute atomic E-state index is 0.301. The monoisotopic (exact) mass is 176 g/mol. The molecule has 4 nitrogen and oxygen atoms in total. The van der Waals surface area contributed by atoms with E-state index >= 15 is 0 Å². The average molecular weight is 176 g/mol. The summed E-state index contributed by atoms with van der Waals surface area (Å²) in [5.41, 5.74) is 0. The molecule has 0 bridgehead atoms. The summed E-state index contributed by atoms with van der Waals surface area (Å²) in [5.74, 6) is -0.766. The maximum absolute atomic E-state index is 9.40. The zero-order valence-electron chi connectivity index (χ0n) is 7.65. The second-order valence-corrected chi connectivity index (χ2v) is 3.42. The lowest BCUT2D eigenvalue weighted by atomic mass is 9.97. The molecule has 0 aromatic carbocycles. The number of methoxy groups -OCH3 is 1. The molecule has 4 heteroatoms. The number of ether oxygens (including phenoxy) is 2. The Kier molecular flexibility index (Phi) is 2.73. The van der Waals surface area contributed by atoms with Crippen molar-refractivity contribution in [3.05, 3.63) is 0 Å². The Labute approximate surface area is 72.1 Å². The topological polar surface area (TPSA) is 58.9 Å². The summed E-state index contributed by atoms with van der Waals surface area (Å²) in [5, 5.41) is 18.7. The molecule has 1 unspecified atom stereocenters. The van der Waals surface area contributed by atoms with E-state index in [1.807, 2.05) is 0 Å². The predicted octanol–water partition coefficient (Wildman–Crippen LogP) is -0.120. The fourth-order valence-electron chi connectivity index (χ4n) is 1.46. The average Bonchev–Trinajstić information content (AvgIpc) is 2.00. The molecule has 1 fully saturated rings. The van der Waals surface area contributed by atoms with Gasteiger partial charge in [-0.25, -0.2) is 0 Å². The maximum Gasteiger partial charge on any atom is 0.168 e. The molecule has 0 spiro atoms. The third-order valence-electron chi connectivity index (χ3n) is 2.32. The highest BCUT2D eigenvalue weighted by atomic mass is 16.7. The van der Waals surface area contributed by atoms with Gasteiger partial charge in [-0.05, 0) is 13.8 Å². The highest BCUT2D eigenvalue weighted by molar-refractivity contribution is 4.85. The molecule has 72 valence electrons. The Morgan fingerprint density at radius 3 is 2.50 bits per heavy atom. The SMILES string of the molecule is CO[C@]1(C)C[C@H](O)[C@H](O)C(C)O1. The first-order chi connectivity index (χ1) is 5.48. The minimum atomic E-state index is -0.812. The van der Waals surface area contributed by atoms with Gasteiger partial charge in [-0.2, -0.15) is 0 Å². The van der Waals surface area contributed by atoms with Crippen LogP contribution in [-0.4, -0.2) is 41.4 Å². The van der Waals surface area contributed by atoms with Gasteiger partial charge in [0.1, 0.15) is 6.10 Å². The second-order valence-electron chi connectivity index (χ2n) is 3.42. The summed E-state index contributed by atoms with van der Waals surface area (Å²) >= 11 is 0. The molecule has 1 rings (SSSR count). The molecular weight excluding hydrogens is 160 g/mol. The second kappa shape index (κ2) is 3.30. The van der Waals surface area contributed by atoms with Gasteiger partial charge in [0.15, 0.2) is 5.79 Å². The van der Waals surface area contributed by atoms with E-state index in [4.69, 9.17) is 9.47 Å². The van der Waals surface area contributed by atoms with E-state index in [0.717, 1.165) is 0 Å². The summed E-state index contributed by atoms with van der Waals surface area (Å²) in [6.07, 6.45) is -1.67. The molecule has 12 heavy (non-hydrogen) atoms.